The third-order valence-electron chi connectivity index (χ3n) is 4.35. The molecule has 0 aliphatic carbocycles. The Morgan fingerprint density at radius 3 is 2.74 bits per heavy atom. The Balaban J connectivity index is 1.90. The third-order valence-corrected chi connectivity index (χ3v) is 4.35. The summed E-state index contributed by atoms with van der Waals surface area (Å²) in [6, 6.07) is -0.612. The Morgan fingerprint density at radius 2 is 2.05 bits per heavy atom. The molecule has 3 aliphatic heterocycles. The van der Waals surface area contributed by atoms with E-state index in [4.69, 9.17) is 0 Å². The van der Waals surface area contributed by atoms with Crippen molar-refractivity contribution < 1.29 is 9.59 Å². The van der Waals surface area contributed by atoms with Crippen molar-refractivity contribution in [2.45, 2.75) is 32.3 Å². The van der Waals surface area contributed by atoms with Gasteiger partial charge in [0, 0.05) is 20.1 Å². The minimum absolute atomic E-state index is 0.0512. The van der Waals surface area contributed by atoms with E-state index in [-0.39, 0.29) is 30.4 Å². The van der Waals surface area contributed by atoms with Crippen LogP contribution in [0.15, 0.2) is 0 Å². The molecule has 0 saturated carbocycles. The molecule has 0 aromatic rings. The Hall–Kier alpha value is -1.18. The number of fused-ring (bicyclic) bond motifs is 3. The molecule has 0 bridgehead atoms. The summed E-state index contributed by atoms with van der Waals surface area (Å²) in [6.45, 7) is 7.14. The van der Waals surface area contributed by atoms with Crippen molar-refractivity contribution in [2.75, 3.05) is 26.7 Å². The van der Waals surface area contributed by atoms with Gasteiger partial charge in [-0.2, -0.15) is 0 Å². The van der Waals surface area contributed by atoms with Crippen LogP contribution in [0.25, 0.3) is 0 Å². The van der Waals surface area contributed by atoms with E-state index in [2.05, 4.69) is 34.3 Å². The monoisotopic (exact) mass is 267 g/mol. The van der Waals surface area contributed by atoms with E-state index in [9.17, 15) is 9.59 Å². The molecule has 2 N–H and O–H groups in total. The van der Waals surface area contributed by atoms with Crippen molar-refractivity contribution in [3.63, 3.8) is 0 Å². The van der Waals surface area contributed by atoms with Gasteiger partial charge in [-0.1, -0.05) is 13.8 Å². The van der Waals surface area contributed by atoms with Crippen LogP contribution in [-0.4, -0.2) is 71.8 Å². The first-order valence-electron chi connectivity index (χ1n) is 6.86. The van der Waals surface area contributed by atoms with Crippen LogP contribution in [0.3, 0.4) is 0 Å². The van der Waals surface area contributed by atoms with Gasteiger partial charge in [0.2, 0.25) is 5.91 Å². The SMILES string of the molecule is CCN1CC(C)CN2C3C(=O)NC(=O)N(C)C3NC12. The van der Waals surface area contributed by atoms with Crippen molar-refractivity contribution in [3.8, 4) is 0 Å². The first-order valence-corrected chi connectivity index (χ1v) is 6.86. The summed E-state index contributed by atoms with van der Waals surface area (Å²) in [5.41, 5.74) is 0. The molecule has 0 spiro atoms. The summed E-state index contributed by atoms with van der Waals surface area (Å²) in [5.74, 6) is 0.334. The second kappa shape index (κ2) is 4.43. The Kier molecular flexibility index (Phi) is 2.99. The largest absolute Gasteiger partial charge is 0.325 e. The molecule has 0 aromatic carbocycles. The molecular weight excluding hydrogens is 246 g/mol. The zero-order chi connectivity index (χ0) is 13.7. The first kappa shape index (κ1) is 12.8. The minimum atomic E-state index is -0.324. The van der Waals surface area contributed by atoms with Gasteiger partial charge in [0.05, 0.1) is 0 Å². The van der Waals surface area contributed by atoms with E-state index in [0.717, 1.165) is 19.6 Å². The number of amides is 3. The average Bonchev–Trinajstić information content (AvgIpc) is 2.74. The number of hydrogen-bond donors (Lipinski definition) is 2. The molecule has 4 unspecified atom stereocenters. The van der Waals surface area contributed by atoms with Crippen molar-refractivity contribution in [1.82, 2.24) is 25.3 Å². The third kappa shape index (κ3) is 1.84. The molecule has 3 rings (SSSR count). The Bertz CT molecular complexity index is 415. The standard InChI is InChI=1S/C12H21N5O2/c1-4-16-5-7(2)6-17-8-9(13-11(16)17)15(3)12(19)14-10(8)18/h7-9,11,13H,4-6H2,1-3H3,(H,14,18,19). The zero-order valence-corrected chi connectivity index (χ0v) is 11.6. The van der Waals surface area contributed by atoms with Crippen LogP contribution in [0.1, 0.15) is 13.8 Å². The van der Waals surface area contributed by atoms with E-state index >= 15 is 0 Å². The van der Waals surface area contributed by atoms with E-state index in [1.165, 1.54) is 0 Å². The number of carbonyl (C=O) groups is 2. The van der Waals surface area contributed by atoms with Crippen LogP contribution in [0.4, 0.5) is 4.79 Å². The maximum atomic E-state index is 12.1. The van der Waals surface area contributed by atoms with Crippen LogP contribution >= 0.6 is 0 Å². The molecule has 7 heteroatoms. The second-order valence-corrected chi connectivity index (χ2v) is 5.72. The van der Waals surface area contributed by atoms with Gasteiger partial charge in [0.1, 0.15) is 18.5 Å². The molecule has 3 aliphatic rings. The quantitative estimate of drug-likeness (QED) is 0.639. The molecule has 3 amide bonds. The number of likely N-dealkylation sites (N-methyl/N-ethyl adjacent to an activating group) is 1. The molecule has 3 fully saturated rings. The van der Waals surface area contributed by atoms with E-state index < -0.39 is 0 Å². The second-order valence-electron chi connectivity index (χ2n) is 5.72. The average molecular weight is 267 g/mol. The number of urea groups is 1. The van der Waals surface area contributed by atoms with Crippen molar-refractivity contribution >= 4 is 11.9 Å². The molecule has 3 saturated heterocycles. The van der Waals surface area contributed by atoms with Gasteiger partial charge in [-0.25, -0.2) is 4.79 Å². The molecule has 0 radical (unpaired) electrons. The summed E-state index contributed by atoms with van der Waals surface area (Å²) in [6.07, 6.45) is -0.180. The number of rotatable bonds is 1. The van der Waals surface area contributed by atoms with Gasteiger partial charge in [0.25, 0.3) is 0 Å². The number of carbonyl (C=O) groups excluding carboxylic acids is 2. The summed E-state index contributed by atoms with van der Waals surface area (Å²) in [5, 5.41) is 5.85. The smallest absolute Gasteiger partial charge is 0.310 e. The highest BCUT2D eigenvalue weighted by Gasteiger charge is 2.53. The van der Waals surface area contributed by atoms with E-state index in [1.54, 1.807) is 11.9 Å². The molecule has 7 nitrogen and oxygen atoms in total. The topological polar surface area (TPSA) is 67.9 Å². The lowest BCUT2D eigenvalue weighted by Gasteiger charge is -2.43. The van der Waals surface area contributed by atoms with Crippen LogP contribution in [0.2, 0.25) is 0 Å². The van der Waals surface area contributed by atoms with Crippen LogP contribution in [0.5, 0.6) is 0 Å². The van der Waals surface area contributed by atoms with E-state index in [0.29, 0.717) is 5.92 Å². The van der Waals surface area contributed by atoms with Gasteiger partial charge in [-0.15, -0.1) is 0 Å². The van der Waals surface area contributed by atoms with Crippen molar-refractivity contribution in [2.24, 2.45) is 5.92 Å². The highest BCUT2D eigenvalue weighted by molar-refractivity contribution is 6.00. The summed E-state index contributed by atoms with van der Waals surface area (Å²) in [7, 11) is 1.73. The fourth-order valence-corrected chi connectivity index (χ4v) is 3.43. The van der Waals surface area contributed by atoms with Crippen LogP contribution < -0.4 is 10.6 Å². The lowest BCUT2D eigenvalue weighted by atomic mass is 10.1. The lowest BCUT2D eigenvalue weighted by Crippen LogP contribution is -2.65. The number of nitrogens with one attached hydrogen (secondary N) is 2. The molecule has 19 heavy (non-hydrogen) atoms. The molecule has 4 atom stereocenters. The maximum Gasteiger partial charge on any atom is 0.325 e. The van der Waals surface area contributed by atoms with E-state index in [1.807, 2.05) is 0 Å². The number of imide groups is 1. The summed E-state index contributed by atoms with van der Waals surface area (Å²) in [4.78, 5) is 29.9. The van der Waals surface area contributed by atoms with Gasteiger partial charge < -0.3 is 4.90 Å². The van der Waals surface area contributed by atoms with Crippen LogP contribution in [0, 0.1) is 5.92 Å². The fourth-order valence-electron chi connectivity index (χ4n) is 3.43. The van der Waals surface area contributed by atoms with Gasteiger partial charge in [0.15, 0.2) is 0 Å². The van der Waals surface area contributed by atoms with Gasteiger partial charge in [-0.05, 0) is 12.5 Å². The molecule has 3 heterocycles. The molecule has 0 aromatic heterocycles. The van der Waals surface area contributed by atoms with Gasteiger partial charge >= 0.3 is 6.03 Å². The zero-order valence-electron chi connectivity index (χ0n) is 11.6. The molecule has 106 valence electrons. The maximum absolute atomic E-state index is 12.1. The summed E-state index contributed by atoms with van der Waals surface area (Å²) < 4.78 is 0. The normalized spacial score (nSPS) is 40.1. The van der Waals surface area contributed by atoms with Gasteiger partial charge in [-0.3, -0.25) is 25.2 Å². The fraction of sp³-hybridized carbons (Fsp3) is 0.833. The molecular formula is C12H21N5O2. The first-order chi connectivity index (χ1) is 9.02. The lowest BCUT2D eigenvalue weighted by molar-refractivity contribution is -0.130. The number of nitrogens with zero attached hydrogens (tertiary/aromatic N) is 3. The Morgan fingerprint density at radius 1 is 1.32 bits per heavy atom. The predicted molar refractivity (Wildman–Crippen MR) is 68.9 cm³/mol. The highest BCUT2D eigenvalue weighted by atomic mass is 16.2. The van der Waals surface area contributed by atoms with Crippen molar-refractivity contribution in [3.05, 3.63) is 0 Å². The predicted octanol–water partition coefficient (Wildman–Crippen LogP) is -0.977. The highest BCUT2D eigenvalue weighted by Crippen LogP contribution is 2.29. The summed E-state index contributed by atoms with van der Waals surface area (Å²) >= 11 is 0. The van der Waals surface area contributed by atoms with Crippen LogP contribution in [-0.2, 0) is 4.79 Å². The van der Waals surface area contributed by atoms with Crippen molar-refractivity contribution in [1.29, 1.82) is 0 Å². The minimum Gasteiger partial charge on any atom is -0.310 e. The number of hydrogen-bond acceptors (Lipinski definition) is 5. The Labute approximate surface area is 112 Å².